The van der Waals surface area contributed by atoms with Gasteiger partial charge in [0.2, 0.25) is 0 Å². The largest absolute Gasteiger partial charge is 0.418 e. The van der Waals surface area contributed by atoms with Gasteiger partial charge < -0.3 is 15.8 Å². The van der Waals surface area contributed by atoms with Crippen molar-refractivity contribution in [1.29, 1.82) is 0 Å². The van der Waals surface area contributed by atoms with Crippen molar-refractivity contribution in [3.8, 4) is 0 Å². The molecule has 3 nitrogen and oxygen atoms in total. The first kappa shape index (κ1) is 13.0. The molecule has 100 valence electrons. The number of alkyl halides is 3. The van der Waals surface area contributed by atoms with E-state index in [0.29, 0.717) is 13.2 Å². The van der Waals surface area contributed by atoms with Crippen LogP contribution in [0.15, 0.2) is 18.2 Å². The number of nitrogen functional groups attached to an aromatic ring is 1. The van der Waals surface area contributed by atoms with Crippen LogP contribution in [0.4, 0.5) is 24.5 Å². The number of nitrogens with one attached hydrogen (secondary N) is 1. The SMILES string of the molecule is Nc1ccc(NC2CCCOC2)c(C(F)(F)F)c1. The predicted molar refractivity (Wildman–Crippen MR) is 63.3 cm³/mol. The highest BCUT2D eigenvalue weighted by Gasteiger charge is 2.34. The van der Waals surface area contributed by atoms with Crippen molar-refractivity contribution >= 4 is 11.4 Å². The lowest BCUT2D eigenvalue weighted by Gasteiger charge is -2.26. The third-order valence-electron chi connectivity index (χ3n) is 2.87. The first-order chi connectivity index (χ1) is 8.47. The predicted octanol–water partition coefficient (Wildman–Crippen LogP) is 2.88. The zero-order chi connectivity index (χ0) is 13.2. The van der Waals surface area contributed by atoms with Crippen molar-refractivity contribution in [3.63, 3.8) is 0 Å². The molecular formula is C12H15F3N2O. The molecule has 2 rings (SSSR count). The number of anilines is 2. The lowest BCUT2D eigenvalue weighted by Crippen LogP contribution is -2.30. The summed E-state index contributed by atoms with van der Waals surface area (Å²) in [6.45, 7) is 1.10. The maximum atomic E-state index is 12.9. The molecule has 1 aliphatic heterocycles. The van der Waals surface area contributed by atoms with E-state index in [0.717, 1.165) is 18.9 Å². The Bertz CT molecular complexity index is 414. The summed E-state index contributed by atoms with van der Waals surface area (Å²) < 4.78 is 43.8. The fourth-order valence-corrected chi connectivity index (χ4v) is 2.00. The van der Waals surface area contributed by atoms with Crippen molar-refractivity contribution in [2.75, 3.05) is 24.3 Å². The molecule has 0 bridgehead atoms. The zero-order valence-corrected chi connectivity index (χ0v) is 9.76. The average molecular weight is 260 g/mol. The van der Waals surface area contributed by atoms with Crippen LogP contribution in [-0.2, 0) is 10.9 Å². The number of nitrogens with two attached hydrogens (primary N) is 1. The lowest BCUT2D eigenvalue weighted by molar-refractivity contribution is -0.136. The Morgan fingerprint density at radius 2 is 2.11 bits per heavy atom. The van der Waals surface area contributed by atoms with Crippen LogP contribution in [0.3, 0.4) is 0 Å². The van der Waals surface area contributed by atoms with E-state index in [4.69, 9.17) is 10.5 Å². The monoisotopic (exact) mass is 260 g/mol. The van der Waals surface area contributed by atoms with Gasteiger partial charge in [0.05, 0.1) is 12.2 Å². The van der Waals surface area contributed by atoms with E-state index in [1.807, 2.05) is 0 Å². The summed E-state index contributed by atoms with van der Waals surface area (Å²) >= 11 is 0. The summed E-state index contributed by atoms with van der Waals surface area (Å²) in [5.41, 5.74) is 4.84. The molecule has 0 spiro atoms. The molecular weight excluding hydrogens is 245 g/mol. The van der Waals surface area contributed by atoms with E-state index in [9.17, 15) is 13.2 Å². The smallest absolute Gasteiger partial charge is 0.399 e. The second-order valence-corrected chi connectivity index (χ2v) is 4.36. The molecule has 0 amide bonds. The lowest BCUT2D eigenvalue weighted by atomic mass is 10.1. The van der Waals surface area contributed by atoms with Gasteiger partial charge in [-0.05, 0) is 31.0 Å². The highest BCUT2D eigenvalue weighted by Crippen LogP contribution is 2.36. The van der Waals surface area contributed by atoms with Crippen LogP contribution < -0.4 is 11.1 Å². The number of hydrogen-bond donors (Lipinski definition) is 2. The van der Waals surface area contributed by atoms with Gasteiger partial charge >= 0.3 is 6.18 Å². The summed E-state index contributed by atoms with van der Waals surface area (Å²) in [6, 6.07) is 3.70. The Balaban J connectivity index is 2.21. The van der Waals surface area contributed by atoms with Gasteiger partial charge in [0.25, 0.3) is 0 Å². The molecule has 1 fully saturated rings. The van der Waals surface area contributed by atoms with Crippen molar-refractivity contribution < 1.29 is 17.9 Å². The molecule has 0 aliphatic carbocycles. The van der Waals surface area contributed by atoms with Crippen LogP contribution >= 0.6 is 0 Å². The fourth-order valence-electron chi connectivity index (χ4n) is 2.00. The minimum atomic E-state index is -4.41. The summed E-state index contributed by atoms with van der Waals surface area (Å²) in [6.07, 6.45) is -2.75. The second kappa shape index (κ2) is 5.06. The minimum absolute atomic E-state index is 0.0622. The maximum Gasteiger partial charge on any atom is 0.418 e. The molecule has 18 heavy (non-hydrogen) atoms. The molecule has 1 heterocycles. The van der Waals surface area contributed by atoms with Gasteiger partial charge in [-0.15, -0.1) is 0 Å². The number of halogens is 3. The van der Waals surface area contributed by atoms with Crippen LogP contribution in [0, 0.1) is 0 Å². The van der Waals surface area contributed by atoms with Crippen LogP contribution in [0.2, 0.25) is 0 Å². The first-order valence-electron chi connectivity index (χ1n) is 5.78. The first-order valence-corrected chi connectivity index (χ1v) is 5.78. The van der Waals surface area contributed by atoms with Gasteiger partial charge in [-0.2, -0.15) is 13.2 Å². The summed E-state index contributed by atoms with van der Waals surface area (Å²) in [4.78, 5) is 0. The molecule has 1 aliphatic rings. The number of hydrogen-bond acceptors (Lipinski definition) is 3. The van der Waals surface area contributed by atoms with Crippen molar-refractivity contribution in [2.24, 2.45) is 0 Å². The maximum absolute atomic E-state index is 12.9. The normalized spacial score (nSPS) is 20.7. The number of benzene rings is 1. The van der Waals surface area contributed by atoms with E-state index < -0.39 is 11.7 Å². The molecule has 0 radical (unpaired) electrons. The van der Waals surface area contributed by atoms with E-state index in [2.05, 4.69) is 5.32 Å². The number of ether oxygens (including phenoxy) is 1. The van der Waals surface area contributed by atoms with Crippen molar-refractivity contribution in [1.82, 2.24) is 0 Å². The quantitative estimate of drug-likeness (QED) is 0.804. The Labute approximate surface area is 103 Å². The van der Waals surface area contributed by atoms with E-state index in [1.165, 1.54) is 12.1 Å². The molecule has 0 aromatic heterocycles. The van der Waals surface area contributed by atoms with Crippen molar-refractivity contribution in [2.45, 2.75) is 25.1 Å². The molecule has 6 heteroatoms. The van der Waals surface area contributed by atoms with Gasteiger partial charge in [0.1, 0.15) is 0 Å². The third-order valence-corrected chi connectivity index (χ3v) is 2.87. The van der Waals surface area contributed by atoms with Crippen LogP contribution in [-0.4, -0.2) is 19.3 Å². The molecule has 1 aromatic carbocycles. The second-order valence-electron chi connectivity index (χ2n) is 4.36. The summed E-state index contributed by atoms with van der Waals surface area (Å²) in [5.74, 6) is 0. The van der Waals surface area contributed by atoms with Crippen molar-refractivity contribution in [3.05, 3.63) is 23.8 Å². The number of rotatable bonds is 2. The molecule has 0 saturated carbocycles. The average Bonchev–Trinajstić information content (AvgIpc) is 2.31. The molecule has 1 unspecified atom stereocenters. The van der Waals surface area contributed by atoms with E-state index in [1.54, 1.807) is 0 Å². The topological polar surface area (TPSA) is 47.3 Å². The minimum Gasteiger partial charge on any atom is -0.399 e. The molecule has 1 atom stereocenters. The summed E-state index contributed by atoms with van der Waals surface area (Å²) in [5, 5.41) is 2.88. The zero-order valence-electron chi connectivity index (χ0n) is 9.76. The van der Waals surface area contributed by atoms with Gasteiger partial charge in [-0.25, -0.2) is 0 Å². The Kier molecular flexibility index (Phi) is 3.65. The molecule has 3 N–H and O–H groups in total. The Morgan fingerprint density at radius 3 is 2.72 bits per heavy atom. The van der Waals surface area contributed by atoms with E-state index in [-0.39, 0.29) is 17.4 Å². The standard InChI is InChI=1S/C12H15F3N2O/c13-12(14,15)10-6-8(16)3-4-11(10)17-9-2-1-5-18-7-9/h3-4,6,9,17H,1-2,5,7,16H2. The molecule has 1 saturated heterocycles. The third kappa shape index (κ3) is 3.07. The van der Waals surface area contributed by atoms with Gasteiger partial charge in [-0.3, -0.25) is 0 Å². The van der Waals surface area contributed by atoms with Crippen LogP contribution in [0.1, 0.15) is 18.4 Å². The fraction of sp³-hybridized carbons (Fsp3) is 0.500. The Hall–Kier alpha value is -1.43. The van der Waals surface area contributed by atoms with E-state index >= 15 is 0 Å². The Morgan fingerprint density at radius 1 is 1.33 bits per heavy atom. The summed E-state index contributed by atoms with van der Waals surface area (Å²) in [7, 11) is 0. The van der Waals surface area contributed by atoms with Crippen LogP contribution in [0.25, 0.3) is 0 Å². The van der Waals surface area contributed by atoms with Gasteiger partial charge in [-0.1, -0.05) is 0 Å². The molecule has 1 aromatic rings. The van der Waals surface area contributed by atoms with Gasteiger partial charge in [0.15, 0.2) is 0 Å². The van der Waals surface area contributed by atoms with Crippen LogP contribution in [0.5, 0.6) is 0 Å². The highest BCUT2D eigenvalue weighted by atomic mass is 19.4. The van der Waals surface area contributed by atoms with Gasteiger partial charge in [0, 0.05) is 24.0 Å². The highest BCUT2D eigenvalue weighted by molar-refractivity contribution is 5.59.